The minimum absolute atomic E-state index is 0.0381. The highest BCUT2D eigenvalue weighted by molar-refractivity contribution is 5.80. The SMILES string of the molecule is NC(=[NH2+])[C@@H](O)c1ccc2c(c1)OCO2. The second-order valence-corrected chi connectivity index (χ2v) is 3.02. The van der Waals surface area contributed by atoms with Crippen molar-refractivity contribution >= 4 is 5.84 Å². The molecule has 0 radical (unpaired) electrons. The molecule has 0 fully saturated rings. The smallest absolute Gasteiger partial charge is 0.272 e. The summed E-state index contributed by atoms with van der Waals surface area (Å²) in [6.07, 6.45) is -0.968. The number of hydrogen-bond acceptors (Lipinski definition) is 3. The van der Waals surface area contributed by atoms with E-state index in [1.807, 2.05) is 0 Å². The lowest BCUT2D eigenvalue weighted by atomic mass is 10.1. The number of rotatable bonds is 2. The number of fused-ring (bicyclic) bond motifs is 1. The number of aliphatic hydroxyl groups is 1. The number of hydrogen-bond donors (Lipinski definition) is 3. The molecule has 0 saturated carbocycles. The Labute approximate surface area is 80.6 Å². The Bertz CT molecular complexity index is 378. The van der Waals surface area contributed by atoms with Gasteiger partial charge in [0.1, 0.15) is 0 Å². The van der Waals surface area contributed by atoms with E-state index >= 15 is 0 Å². The van der Waals surface area contributed by atoms with Crippen LogP contribution in [-0.4, -0.2) is 17.7 Å². The third kappa shape index (κ3) is 1.38. The molecule has 0 aliphatic carbocycles. The fourth-order valence-electron chi connectivity index (χ4n) is 1.28. The molecule has 1 aromatic rings. The van der Waals surface area contributed by atoms with E-state index in [1.54, 1.807) is 18.2 Å². The molecular weight excluding hydrogens is 184 g/mol. The highest BCUT2D eigenvalue weighted by Crippen LogP contribution is 2.33. The molecule has 1 aromatic carbocycles. The van der Waals surface area contributed by atoms with Crippen molar-refractivity contribution in [1.29, 1.82) is 0 Å². The standard InChI is InChI=1S/C9H10N2O3/c10-9(11)8(12)5-1-2-6-7(3-5)14-4-13-6/h1-3,8,12H,4H2,(H3,10,11)/p+1/t8-/m0/s1. The lowest BCUT2D eigenvalue weighted by molar-refractivity contribution is -0.126. The number of ether oxygens (including phenoxy) is 2. The first-order valence-electron chi connectivity index (χ1n) is 4.14. The van der Waals surface area contributed by atoms with Crippen molar-refractivity contribution in [3.63, 3.8) is 0 Å². The van der Waals surface area contributed by atoms with E-state index in [9.17, 15) is 5.11 Å². The minimum Gasteiger partial charge on any atom is -0.454 e. The third-order valence-electron chi connectivity index (χ3n) is 2.03. The predicted molar refractivity (Wildman–Crippen MR) is 48.6 cm³/mol. The van der Waals surface area contributed by atoms with Crippen molar-refractivity contribution in [2.75, 3.05) is 6.79 Å². The summed E-state index contributed by atoms with van der Waals surface area (Å²) in [6.45, 7) is 0.205. The van der Waals surface area contributed by atoms with E-state index in [1.165, 1.54) is 0 Å². The number of nitrogens with two attached hydrogens (primary N) is 2. The van der Waals surface area contributed by atoms with Gasteiger partial charge in [-0.3, -0.25) is 11.1 Å². The quantitative estimate of drug-likeness (QED) is 0.398. The van der Waals surface area contributed by atoms with E-state index in [2.05, 4.69) is 0 Å². The highest BCUT2D eigenvalue weighted by Gasteiger charge is 2.19. The molecule has 0 saturated heterocycles. The van der Waals surface area contributed by atoms with Crippen molar-refractivity contribution in [3.8, 4) is 11.5 Å². The predicted octanol–water partition coefficient (Wildman–Crippen LogP) is -1.44. The average molecular weight is 195 g/mol. The zero-order valence-corrected chi connectivity index (χ0v) is 7.43. The molecule has 5 heteroatoms. The van der Waals surface area contributed by atoms with Crippen LogP contribution >= 0.6 is 0 Å². The first-order valence-corrected chi connectivity index (χ1v) is 4.14. The van der Waals surface area contributed by atoms with Crippen LogP contribution in [0.3, 0.4) is 0 Å². The maximum atomic E-state index is 9.55. The summed E-state index contributed by atoms with van der Waals surface area (Å²) in [5, 5.41) is 14.8. The Morgan fingerprint density at radius 3 is 2.86 bits per heavy atom. The first kappa shape index (κ1) is 8.83. The zero-order valence-electron chi connectivity index (χ0n) is 7.43. The molecule has 0 spiro atoms. The monoisotopic (exact) mass is 195 g/mol. The lowest BCUT2D eigenvalue weighted by Crippen LogP contribution is -2.49. The average Bonchev–Trinajstić information content (AvgIpc) is 2.62. The number of benzene rings is 1. The van der Waals surface area contributed by atoms with Crippen molar-refractivity contribution in [1.82, 2.24) is 0 Å². The van der Waals surface area contributed by atoms with E-state index in [-0.39, 0.29) is 12.6 Å². The van der Waals surface area contributed by atoms with Crippen LogP contribution < -0.4 is 20.6 Å². The summed E-state index contributed by atoms with van der Waals surface area (Å²) in [6, 6.07) is 5.06. The Morgan fingerprint density at radius 1 is 1.43 bits per heavy atom. The zero-order chi connectivity index (χ0) is 10.1. The number of aliphatic hydroxyl groups excluding tert-OH is 1. The Balaban J connectivity index is 2.33. The highest BCUT2D eigenvalue weighted by atomic mass is 16.7. The van der Waals surface area contributed by atoms with Gasteiger partial charge in [-0.1, -0.05) is 6.07 Å². The molecule has 2 rings (SSSR count). The summed E-state index contributed by atoms with van der Waals surface area (Å²) in [7, 11) is 0. The third-order valence-corrected chi connectivity index (χ3v) is 2.03. The first-order chi connectivity index (χ1) is 6.68. The molecule has 74 valence electrons. The molecule has 5 nitrogen and oxygen atoms in total. The second-order valence-electron chi connectivity index (χ2n) is 3.02. The number of amidine groups is 1. The van der Waals surface area contributed by atoms with Gasteiger partial charge in [0.2, 0.25) is 6.79 Å². The Kier molecular flexibility index (Phi) is 2.01. The van der Waals surface area contributed by atoms with Crippen LogP contribution in [0.1, 0.15) is 11.7 Å². The molecular formula is C9H11N2O3+. The summed E-state index contributed by atoms with van der Waals surface area (Å²) in [5.74, 6) is 1.23. The van der Waals surface area contributed by atoms with Crippen LogP contribution in [0.5, 0.6) is 11.5 Å². The van der Waals surface area contributed by atoms with Crippen LogP contribution in [0, 0.1) is 0 Å². The van der Waals surface area contributed by atoms with E-state index in [0.29, 0.717) is 17.1 Å². The normalized spacial score (nSPS) is 15.2. The van der Waals surface area contributed by atoms with Crippen molar-refractivity contribution in [3.05, 3.63) is 23.8 Å². The van der Waals surface area contributed by atoms with Crippen LogP contribution in [0.4, 0.5) is 0 Å². The van der Waals surface area contributed by atoms with Crippen LogP contribution in [-0.2, 0) is 0 Å². The van der Waals surface area contributed by atoms with E-state index in [0.717, 1.165) is 0 Å². The van der Waals surface area contributed by atoms with Gasteiger partial charge in [0.25, 0.3) is 5.84 Å². The van der Waals surface area contributed by atoms with E-state index in [4.69, 9.17) is 20.6 Å². The summed E-state index contributed by atoms with van der Waals surface area (Å²) in [5.41, 5.74) is 5.88. The van der Waals surface area contributed by atoms with Gasteiger partial charge in [0.05, 0.1) is 0 Å². The topological polar surface area (TPSA) is 90.3 Å². The van der Waals surface area contributed by atoms with Gasteiger partial charge in [-0.2, -0.15) is 0 Å². The molecule has 1 aliphatic heterocycles. The van der Waals surface area contributed by atoms with Gasteiger partial charge in [0, 0.05) is 0 Å². The van der Waals surface area contributed by atoms with Crippen molar-refractivity contribution < 1.29 is 20.0 Å². The molecule has 1 heterocycles. The van der Waals surface area contributed by atoms with Crippen LogP contribution in [0.25, 0.3) is 0 Å². The molecule has 0 bridgehead atoms. The van der Waals surface area contributed by atoms with Gasteiger partial charge >= 0.3 is 0 Å². The molecule has 0 amide bonds. The molecule has 1 atom stereocenters. The Morgan fingerprint density at radius 2 is 2.14 bits per heavy atom. The summed E-state index contributed by atoms with van der Waals surface area (Å²) in [4.78, 5) is 0. The maximum absolute atomic E-state index is 9.55. The fourth-order valence-corrected chi connectivity index (χ4v) is 1.28. The van der Waals surface area contributed by atoms with Crippen molar-refractivity contribution in [2.45, 2.75) is 6.10 Å². The molecule has 1 aliphatic rings. The fraction of sp³-hybridized carbons (Fsp3) is 0.222. The minimum atomic E-state index is -0.968. The van der Waals surface area contributed by atoms with Gasteiger partial charge < -0.3 is 14.6 Å². The summed E-state index contributed by atoms with van der Waals surface area (Å²) < 4.78 is 10.3. The second kappa shape index (κ2) is 3.19. The van der Waals surface area contributed by atoms with Crippen molar-refractivity contribution in [2.24, 2.45) is 5.73 Å². The van der Waals surface area contributed by atoms with Gasteiger partial charge in [-0.25, -0.2) is 0 Å². The van der Waals surface area contributed by atoms with E-state index < -0.39 is 6.10 Å². The largest absolute Gasteiger partial charge is 0.454 e. The molecule has 5 N–H and O–H groups in total. The lowest BCUT2D eigenvalue weighted by Gasteiger charge is -2.05. The van der Waals surface area contributed by atoms with Crippen LogP contribution in [0.15, 0.2) is 18.2 Å². The molecule has 14 heavy (non-hydrogen) atoms. The van der Waals surface area contributed by atoms with Gasteiger partial charge in [-0.15, -0.1) is 0 Å². The van der Waals surface area contributed by atoms with Gasteiger partial charge in [0.15, 0.2) is 17.6 Å². The molecule has 0 unspecified atom stereocenters. The maximum Gasteiger partial charge on any atom is 0.272 e. The Hall–Kier alpha value is -1.75. The van der Waals surface area contributed by atoms with Gasteiger partial charge in [-0.05, 0) is 17.7 Å². The van der Waals surface area contributed by atoms with Crippen LogP contribution in [0.2, 0.25) is 0 Å². The summed E-state index contributed by atoms with van der Waals surface area (Å²) >= 11 is 0. The molecule has 0 aromatic heterocycles.